The smallest absolute Gasteiger partial charge is 0.303 e. The number of amides is 1. The third kappa shape index (κ3) is 3.03. The molecule has 1 aliphatic rings. The molecule has 0 bridgehead atoms. The Morgan fingerprint density at radius 1 is 1.59 bits per heavy atom. The molecule has 1 aromatic heterocycles. The lowest BCUT2D eigenvalue weighted by atomic mass is 9.95. The van der Waals surface area contributed by atoms with Gasteiger partial charge in [0.1, 0.15) is 4.88 Å². The number of piperidine rings is 1. The van der Waals surface area contributed by atoms with Gasteiger partial charge >= 0.3 is 5.97 Å². The minimum absolute atomic E-state index is 0.0254. The molecular weight excluding hydrogens is 240 g/mol. The molecule has 1 saturated heterocycles. The number of hydrogen-bond donors (Lipinski definition) is 1. The first-order chi connectivity index (χ1) is 8.16. The normalized spacial score (nSPS) is 20.2. The van der Waals surface area contributed by atoms with E-state index in [1.165, 1.54) is 11.3 Å². The Labute approximate surface area is 103 Å². The van der Waals surface area contributed by atoms with Gasteiger partial charge in [0.2, 0.25) is 0 Å². The minimum atomic E-state index is -0.790. The van der Waals surface area contributed by atoms with Crippen molar-refractivity contribution in [2.75, 3.05) is 13.1 Å². The molecule has 1 fully saturated rings. The number of carbonyl (C=O) groups is 2. The summed E-state index contributed by atoms with van der Waals surface area (Å²) in [7, 11) is 0. The second kappa shape index (κ2) is 5.27. The van der Waals surface area contributed by atoms with Gasteiger partial charge in [-0.3, -0.25) is 14.6 Å². The summed E-state index contributed by atoms with van der Waals surface area (Å²) in [5, 5.41) is 8.76. The van der Waals surface area contributed by atoms with E-state index in [1.54, 1.807) is 16.6 Å². The molecule has 1 N–H and O–H groups in total. The van der Waals surface area contributed by atoms with Crippen molar-refractivity contribution in [3.63, 3.8) is 0 Å². The molecule has 1 aliphatic heterocycles. The van der Waals surface area contributed by atoms with Gasteiger partial charge in [0.25, 0.3) is 5.91 Å². The highest BCUT2D eigenvalue weighted by atomic mass is 32.1. The summed E-state index contributed by atoms with van der Waals surface area (Å²) < 4.78 is 0. The van der Waals surface area contributed by atoms with Crippen molar-refractivity contribution in [3.05, 3.63) is 16.6 Å². The summed E-state index contributed by atoms with van der Waals surface area (Å²) >= 11 is 1.32. The van der Waals surface area contributed by atoms with Crippen molar-refractivity contribution in [2.45, 2.75) is 19.3 Å². The van der Waals surface area contributed by atoms with Crippen LogP contribution in [-0.4, -0.2) is 40.0 Å². The number of rotatable bonds is 3. The second-order valence-electron chi connectivity index (χ2n) is 4.22. The van der Waals surface area contributed by atoms with Crippen LogP contribution in [0.4, 0.5) is 0 Å². The SMILES string of the molecule is O=C(O)CC1CCCN(C(=O)c2cncs2)C1. The maximum Gasteiger partial charge on any atom is 0.303 e. The maximum absolute atomic E-state index is 12.0. The van der Waals surface area contributed by atoms with E-state index in [9.17, 15) is 9.59 Å². The number of likely N-dealkylation sites (tertiary alicyclic amines) is 1. The quantitative estimate of drug-likeness (QED) is 0.886. The van der Waals surface area contributed by atoms with Gasteiger partial charge in [0, 0.05) is 19.5 Å². The molecule has 1 unspecified atom stereocenters. The Kier molecular flexibility index (Phi) is 3.73. The Morgan fingerprint density at radius 3 is 3.06 bits per heavy atom. The summed E-state index contributed by atoms with van der Waals surface area (Å²) in [6.07, 6.45) is 3.47. The molecule has 6 heteroatoms. The van der Waals surface area contributed by atoms with E-state index in [0.717, 1.165) is 12.8 Å². The van der Waals surface area contributed by atoms with Gasteiger partial charge in [-0.1, -0.05) is 0 Å². The van der Waals surface area contributed by atoms with Gasteiger partial charge in [-0.05, 0) is 18.8 Å². The monoisotopic (exact) mass is 254 g/mol. The third-order valence-corrected chi connectivity index (χ3v) is 3.67. The topological polar surface area (TPSA) is 70.5 Å². The predicted octanol–water partition coefficient (Wildman–Crippen LogP) is 1.47. The molecule has 17 heavy (non-hydrogen) atoms. The van der Waals surface area contributed by atoms with E-state index in [-0.39, 0.29) is 18.2 Å². The van der Waals surface area contributed by atoms with E-state index >= 15 is 0 Å². The Hall–Kier alpha value is -1.43. The zero-order valence-electron chi connectivity index (χ0n) is 9.33. The van der Waals surface area contributed by atoms with Crippen molar-refractivity contribution in [2.24, 2.45) is 5.92 Å². The molecule has 0 spiro atoms. The average Bonchev–Trinajstić information content (AvgIpc) is 2.81. The van der Waals surface area contributed by atoms with E-state index in [4.69, 9.17) is 5.11 Å². The van der Waals surface area contributed by atoms with Crippen molar-refractivity contribution in [1.82, 2.24) is 9.88 Å². The Bertz CT molecular complexity index is 405. The van der Waals surface area contributed by atoms with Crippen LogP contribution in [0.5, 0.6) is 0 Å². The number of nitrogens with zero attached hydrogens (tertiary/aromatic N) is 2. The Morgan fingerprint density at radius 2 is 2.41 bits per heavy atom. The number of carbonyl (C=O) groups excluding carboxylic acids is 1. The molecule has 2 rings (SSSR count). The van der Waals surface area contributed by atoms with Gasteiger partial charge in [0.15, 0.2) is 0 Å². The predicted molar refractivity (Wildman–Crippen MR) is 63.0 cm³/mol. The van der Waals surface area contributed by atoms with Crippen LogP contribution >= 0.6 is 11.3 Å². The highest BCUT2D eigenvalue weighted by Gasteiger charge is 2.26. The first-order valence-corrected chi connectivity index (χ1v) is 6.44. The first kappa shape index (κ1) is 12.0. The van der Waals surface area contributed by atoms with E-state index in [1.807, 2.05) is 0 Å². The third-order valence-electron chi connectivity index (χ3n) is 2.91. The molecule has 0 aliphatic carbocycles. The lowest BCUT2D eigenvalue weighted by Gasteiger charge is -2.31. The summed E-state index contributed by atoms with van der Waals surface area (Å²) in [5.74, 6) is -0.734. The fourth-order valence-electron chi connectivity index (χ4n) is 2.14. The highest BCUT2D eigenvalue weighted by Crippen LogP contribution is 2.22. The van der Waals surface area contributed by atoms with Crippen molar-refractivity contribution in [3.8, 4) is 0 Å². The largest absolute Gasteiger partial charge is 0.481 e. The molecule has 1 aromatic rings. The van der Waals surface area contributed by atoms with Crippen molar-refractivity contribution >= 4 is 23.2 Å². The van der Waals surface area contributed by atoms with Crippen LogP contribution in [0.25, 0.3) is 0 Å². The number of aliphatic carboxylic acids is 1. The minimum Gasteiger partial charge on any atom is -0.481 e. The average molecular weight is 254 g/mol. The van der Waals surface area contributed by atoms with E-state index in [2.05, 4.69) is 4.98 Å². The van der Waals surface area contributed by atoms with Gasteiger partial charge in [0.05, 0.1) is 11.7 Å². The molecule has 5 nitrogen and oxygen atoms in total. The molecule has 0 radical (unpaired) electrons. The Balaban J connectivity index is 1.97. The number of thiazole rings is 1. The standard InChI is InChI=1S/C11H14N2O3S/c14-10(15)4-8-2-1-3-13(6-8)11(16)9-5-12-7-17-9/h5,7-8H,1-4,6H2,(H,14,15). The van der Waals surface area contributed by atoms with E-state index < -0.39 is 5.97 Å². The summed E-state index contributed by atoms with van der Waals surface area (Å²) in [6.45, 7) is 1.26. The van der Waals surface area contributed by atoms with Crippen LogP contribution in [0, 0.1) is 5.92 Å². The van der Waals surface area contributed by atoms with Gasteiger partial charge in [-0.2, -0.15) is 0 Å². The maximum atomic E-state index is 12.0. The van der Waals surface area contributed by atoms with Crippen LogP contribution in [0.3, 0.4) is 0 Å². The highest BCUT2D eigenvalue weighted by molar-refractivity contribution is 7.11. The number of carboxylic acid groups (broad SMARTS) is 1. The molecule has 1 amide bonds. The molecule has 0 aromatic carbocycles. The molecule has 92 valence electrons. The molecular formula is C11H14N2O3S. The summed E-state index contributed by atoms with van der Waals surface area (Å²) in [6, 6.07) is 0. The van der Waals surface area contributed by atoms with Crippen molar-refractivity contribution < 1.29 is 14.7 Å². The number of hydrogen-bond acceptors (Lipinski definition) is 4. The van der Waals surface area contributed by atoms with Crippen LogP contribution in [0.1, 0.15) is 28.9 Å². The number of aromatic nitrogens is 1. The lowest BCUT2D eigenvalue weighted by molar-refractivity contribution is -0.138. The summed E-state index contributed by atoms with van der Waals surface area (Å²) in [4.78, 5) is 29.0. The number of carboxylic acids is 1. The van der Waals surface area contributed by atoms with Crippen molar-refractivity contribution in [1.29, 1.82) is 0 Å². The zero-order chi connectivity index (χ0) is 12.3. The zero-order valence-corrected chi connectivity index (χ0v) is 10.2. The van der Waals surface area contributed by atoms with Gasteiger partial charge in [-0.25, -0.2) is 0 Å². The lowest BCUT2D eigenvalue weighted by Crippen LogP contribution is -2.40. The fourth-order valence-corrected chi connectivity index (χ4v) is 2.73. The van der Waals surface area contributed by atoms with Gasteiger partial charge < -0.3 is 10.0 Å². The second-order valence-corrected chi connectivity index (χ2v) is 5.11. The molecule has 0 saturated carbocycles. The molecule has 2 heterocycles. The van der Waals surface area contributed by atoms with Crippen LogP contribution in [0.15, 0.2) is 11.7 Å². The van der Waals surface area contributed by atoms with Crippen LogP contribution in [0.2, 0.25) is 0 Å². The fraction of sp³-hybridized carbons (Fsp3) is 0.545. The van der Waals surface area contributed by atoms with Crippen LogP contribution < -0.4 is 0 Å². The van der Waals surface area contributed by atoms with Gasteiger partial charge in [-0.15, -0.1) is 11.3 Å². The van der Waals surface area contributed by atoms with Crippen LogP contribution in [-0.2, 0) is 4.79 Å². The molecule has 1 atom stereocenters. The summed E-state index contributed by atoms with van der Waals surface area (Å²) in [5.41, 5.74) is 1.63. The first-order valence-electron chi connectivity index (χ1n) is 5.56. The van der Waals surface area contributed by atoms with E-state index in [0.29, 0.717) is 18.0 Å².